The third-order valence-corrected chi connectivity index (χ3v) is 3.90. The maximum Gasteiger partial charge on any atom is 0.233 e. The van der Waals surface area contributed by atoms with Gasteiger partial charge in [-0.3, -0.25) is 4.79 Å². The van der Waals surface area contributed by atoms with Gasteiger partial charge in [0.2, 0.25) is 5.91 Å². The minimum atomic E-state index is -0.201. The summed E-state index contributed by atoms with van der Waals surface area (Å²) in [6.07, 6.45) is 1.72. The first-order valence-electron chi connectivity index (χ1n) is 5.39. The number of thioether (sulfide) groups is 1. The van der Waals surface area contributed by atoms with Crippen LogP contribution in [0.1, 0.15) is 27.7 Å². The van der Waals surface area contributed by atoms with Crippen molar-refractivity contribution in [2.75, 3.05) is 0 Å². The summed E-state index contributed by atoms with van der Waals surface area (Å²) in [6.45, 7) is 7.80. The Morgan fingerprint density at radius 3 is 2.71 bits per heavy atom. The molecule has 1 N–H and O–H groups in total. The van der Waals surface area contributed by atoms with Crippen LogP contribution in [-0.2, 0) is 4.79 Å². The number of rotatable bonds is 3. The van der Waals surface area contributed by atoms with Crippen molar-refractivity contribution >= 4 is 33.6 Å². The van der Waals surface area contributed by atoms with E-state index in [1.807, 2.05) is 39.8 Å². The Hall–Kier alpha value is -0.550. The fourth-order valence-corrected chi connectivity index (χ4v) is 2.49. The summed E-state index contributed by atoms with van der Waals surface area (Å²) >= 11 is 4.87. The second-order valence-electron chi connectivity index (χ2n) is 4.79. The van der Waals surface area contributed by atoms with Crippen LogP contribution in [-0.4, -0.2) is 21.7 Å². The molecule has 0 aliphatic heterocycles. The molecular formula is C12H17BrN2OS. The fraction of sp³-hybridized carbons (Fsp3) is 0.500. The number of nitrogens with one attached hydrogen (secondary N) is 1. The summed E-state index contributed by atoms with van der Waals surface area (Å²) < 4.78 is 0.917. The number of hydrogen-bond donors (Lipinski definition) is 1. The smallest absolute Gasteiger partial charge is 0.233 e. The third kappa shape index (κ3) is 5.08. The van der Waals surface area contributed by atoms with Gasteiger partial charge in [0.05, 0.1) is 5.25 Å². The van der Waals surface area contributed by atoms with Crippen LogP contribution in [0, 0.1) is 0 Å². The lowest BCUT2D eigenvalue weighted by Crippen LogP contribution is -2.44. The van der Waals surface area contributed by atoms with Crippen molar-refractivity contribution in [1.29, 1.82) is 0 Å². The molecule has 0 saturated carbocycles. The summed E-state index contributed by atoms with van der Waals surface area (Å²) in [5.41, 5.74) is -0.201. The molecule has 1 atom stereocenters. The van der Waals surface area contributed by atoms with Crippen LogP contribution in [0.5, 0.6) is 0 Å². The van der Waals surface area contributed by atoms with Crippen LogP contribution in [0.4, 0.5) is 0 Å². The molecule has 1 rings (SSSR count). The molecule has 5 heteroatoms. The van der Waals surface area contributed by atoms with E-state index in [0.29, 0.717) is 0 Å². The van der Waals surface area contributed by atoms with Crippen molar-refractivity contribution in [3.63, 3.8) is 0 Å². The number of nitrogens with zero attached hydrogens (tertiary/aromatic N) is 1. The van der Waals surface area contributed by atoms with E-state index in [9.17, 15) is 4.79 Å². The highest BCUT2D eigenvalue weighted by Gasteiger charge is 2.21. The monoisotopic (exact) mass is 316 g/mol. The Kier molecular flexibility index (Phi) is 5.01. The second-order valence-corrected chi connectivity index (χ2v) is 6.97. The van der Waals surface area contributed by atoms with Gasteiger partial charge >= 0.3 is 0 Å². The van der Waals surface area contributed by atoms with Gasteiger partial charge in [0.25, 0.3) is 0 Å². The molecule has 1 heterocycles. The van der Waals surface area contributed by atoms with Gasteiger partial charge in [0.1, 0.15) is 5.03 Å². The molecule has 0 bridgehead atoms. The average Bonchev–Trinajstić information content (AvgIpc) is 2.18. The van der Waals surface area contributed by atoms with E-state index in [-0.39, 0.29) is 16.7 Å². The number of hydrogen-bond acceptors (Lipinski definition) is 3. The van der Waals surface area contributed by atoms with Crippen LogP contribution in [0.3, 0.4) is 0 Å². The molecule has 0 saturated heterocycles. The highest BCUT2D eigenvalue weighted by molar-refractivity contribution is 9.10. The van der Waals surface area contributed by atoms with Crippen molar-refractivity contribution in [2.45, 2.75) is 43.5 Å². The molecular weight excluding hydrogens is 300 g/mol. The molecule has 1 unspecified atom stereocenters. The van der Waals surface area contributed by atoms with Crippen molar-refractivity contribution in [2.24, 2.45) is 0 Å². The molecule has 0 fully saturated rings. The summed E-state index contributed by atoms with van der Waals surface area (Å²) in [6, 6.07) is 3.78. The van der Waals surface area contributed by atoms with Gasteiger partial charge in [-0.05, 0) is 55.8 Å². The fourth-order valence-electron chi connectivity index (χ4n) is 1.15. The van der Waals surface area contributed by atoms with E-state index >= 15 is 0 Å². The Bertz CT molecular complexity index is 404. The predicted molar refractivity (Wildman–Crippen MR) is 75.2 cm³/mol. The SMILES string of the molecule is CC(Sc1ncccc1Br)C(=O)NC(C)(C)C. The van der Waals surface area contributed by atoms with E-state index in [2.05, 4.69) is 26.2 Å². The predicted octanol–water partition coefficient (Wildman–Crippen LogP) is 3.24. The summed E-state index contributed by atoms with van der Waals surface area (Å²) in [7, 11) is 0. The molecule has 0 aromatic carbocycles. The molecule has 0 aliphatic carbocycles. The van der Waals surface area contributed by atoms with E-state index in [0.717, 1.165) is 9.50 Å². The number of halogens is 1. The van der Waals surface area contributed by atoms with Gasteiger partial charge in [0, 0.05) is 16.2 Å². The van der Waals surface area contributed by atoms with E-state index in [1.54, 1.807) is 6.20 Å². The Balaban J connectivity index is 2.64. The lowest BCUT2D eigenvalue weighted by molar-refractivity contribution is -0.121. The van der Waals surface area contributed by atoms with Crippen LogP contribution >= 0.6 is 27.7 Å². The number of carbonyl (C=O) groups excluding carboxylic acids is 1. The van der Waals surface area contributed by atoms with Crippen molar-refractivity contribution < 1.29 is 4.79 Å². The summed E-state index contributed by atoms with van der Waals surface area (Å²) in [4.78, 5) is 16.1. The van der Waals surface area contributed by atoms with Crippen LogP contribution < -0.4 is 5.32 Å². The average molecular weight is 317 g/mol. The van der Waals surface area contributed by atoms with Crippen molar-refractivity contribution in [3.8, 4) is 0 Å². The topological polar surface area (TPSA) is 42.0 Å². The van der Waals surface area contributed by atoms with Gasteiger partial charge in [-0.2, -0.15) is 0 Å². The normalized spacial score (nSPS) is 13.2. The van der Waals surface area contributed by atoms with Crippen molar-refractivity contribution in [1.82, 2.24) is 10.3 Å². The maximum absolute atomic E-state index is 11.9. The molecule has 0 radical (unpaired) electrons. The molecule has 17 heavy (non-hydrogen) atoms. The van der Waals surface area contributed by atoms with E-state index in [1.165, 1.54) is 11.8 Å². The third-order valence-electron chi connectivity index (χ3n) is 1.88. The largest absolute Gasteiger partial charge is 0.351 e. The number of amides is 1. The van der Waals surface area contributed by atoms with Crippen LogP contribution in [0.15, 0.2) is 27.8 Å². The number of carbonyl (C=O) groups is 1. The van der Waals surface area contributed by atoms with Crippen LogP contribution in [0.2, 0.25) is 0 Å². The standard InChI is InChI=1S/C12H17BrN2OS/c1-8(10(16)15-12(2,3)4)17-11-9(13)6-5-7-14-11/h5-8H,1-4H3,(H,15,16). The van der Waals surface area contributed by atoms with Crippen LogP contribution in [0.25, 0.3) is 0 Å². The van der Waals surface area contributed by atoms with Gasteiger partial charge in [-0.1, -0.05) is 11.8 Å². The second kappa shape index (κ2) is 5.87. The van der Waals surface area contributed by atoms with Gasteiger partial charge in [0.15, 0.2) is 0 Å². The Morgan fingerprint density at radius 2 is 2.18 bits per heavy atom. The highest BCUT2D eigenvalue weighted by Crippen LogP contribution is 2.28. The molecule has 1 aromatic rings. The zero-order valence-electron chi connectivity index (χ0n) is 10.5. The first kappa shape index (κ1) is 14.5. The first-order chi connectivity index (χ1) is 7.79. The highest BCUT2D eigenvalue weighted by atomic mass is 79.9. The Morgan fingerprint density at radius 1 is 1.53 bits per heavy atom. The molecule has 1 amide bonds. The number of pyridine rings is 1. The van der Waals surface area contributed by atoms with E-state index < -0.39 is 0 Å². The molecule has 0 spiro atoms. The van der Waals surface area contributed by atoms with Gasteiger partial charge < -0.3 is 5.32 Å². The lowest BCUT2D eigenvalue weighted by Gasteiger charge is -2.23. The molecule has 0 aliphatic rings. The minimum absolute atomic E-state index is 0.0278. The van der Waals surface area contributed by atoms with Gasteiger partial charge in [-0.15, -0.1) is 0 Å². The minimum Gasteiger partial charge on any atom is -0.351 e. The first-order valence-corrected chi connectivity index (χ1v) is 7.06. The summed E-state index contributed by atoms with van der Waals surface area (Å²) in [5, 5.41) is 3.63. The van der Waals surface area contributed by atoms with Crippen molar-refractivity contribution in [3.05, 3.63) is 22.8 Å². The summed E-state index contributed by atoms with van der Waals surface area (Å²) in [5.74, 6) is 0.0278. The molecule has 1 aromatic heterocycles. The number of aromatic nitrogens is 1. The molecule has 94 valence electrons. The zero-order chi connectivity index (χ0) is 13.1. The lowest BCUT2D eigenvalue weighted by atomic mass is 10.1. The quantitative estimate of drug-likeness (QED) is 0.870. The van der Waals surface area contributed by atoms with E-state index in [4.69, 9.17) is 0 Å². The zero-order valence-corrected chi connectivity index (χ0v) is 12.9. The Labute approximate surface area is 115 Å². The maximum atomic E-state index is 11.9. The van der Waals surface area contributed by atoms with Gasteiger partial charge in [-0.25, -0.2) is 4.98 Å². The molecule has 3 nitrogen and oxygen atoms in total.